The molecule has 1 aliphatic rings. The molecule has 6 heteroatoms. The summed E-state index contributed by atoms with van der Waals surface area (Å²) in [5.74, 6) is 0. The van der Waals surface area contributed by atoms with Crippen LogP contribution in [-0.4, -0.2) is 24.3 Å². The van der Waals surface area contributed by atoms with Crippen molar-refractivity contribution in [2.45, 2.75) is 51.3 Å². The maximum absolute atomic E-state index is 11.9. The van der Waals surface area contributed by atoms with E-state index in [9.17, 15) is 4.79 Å². The average Bonchev–Trinajstić information content (AvgIpc) is 2.35. The van der Waals surface area contributed by atoms with Gasteiger partial charge in [-0.25, -0.2) is 4.79 Å². The minimum Gasteiger partial charge on any atom is -0.444 e. The van der Waals surface area contributed by atoms with Crippen LogP contribution in [0.25, 0.3) is 0 Å². The molecule has 0 radical (unpaired) electrons. The fourth-order valence-corrected chi connectivity index (χ4v) is 3.10. The summed E-state index contributed by atoms with van der Waals surface area (Å²) in [7, 11) is 0. The molecule has 0 aliphatic carbocycles. The molecular weight excluding hydrogens is 323 g/mol. The Morgan fingerprint density at radius 1 is 1.27 bits per heavy atom. The van der Waals surface area contributed by atoms with Crippen LogP contribution in [0.3, 0.4) is 0 Å². The molecule has 0 aromatic heterocycles. The molecule has 0 saturated carbocycles. The van der Waals surface area contributed by atoms with Gasteiger partial charge in [0.1, 0.15) is 5.60 Å². The molecule has 2 N–H and O–H groups in total. The van der Waals surface area contributed by atoms with Gasteiger partial charge in [-0.15, -0.1) is 0 Å². The Hall–Kier alpha value is -0.970. The molecule has 1 aliphatic heterocycles. The molecular formula is C16H22Cl2N2O2. The van der Waals surface area contributed by atoms with Gasteiger partial charge in [-0.05, 0) is 63.9 Å². The third kappa shape index (κ3) is 5.34. The van der Waals surface area contributed by atoms with E-state index in [1.54, 1.807) is 6.07 Å². The van der Waals surface area contributed by atoms with Crippen molar-refractivity contribution < 1.29 is 9.53 Å². The standard InChI is InChI=1S/C16H22Cl2N2O2/c1-16(2,3)22-15(21)20-13-4-5-19-14(9-13)10-6-11(17)8-12(18)7-10/h6-8,13-14,19H,4-5,9H2,1-3H3,(H,20,21). The van der Waals surface area contributed by atoms with Crippen molar-refractivity contribution >= 4 is 29.3 Å². The van der Waals surface area contributed by atoms with Gasteiger partial charge in [0.2, 0.25) is 0 Å². The molecule has 22 heavy (non-hydrogen) atoms. The molecule has 1 fully saturated rings. The summed E-state index contributed by atoms with van der Waals surface area (Å²) >= 11 is 12.1. The second-order valence-electron chi connectivity index (χ2n) is 6.58. The number of ether oxygens (including phenoxy) is 1. The lowest BCUT2D eigenvalue weighted by molar-refractivity contribution is 0.0490. The average molecular weight is 345 g/mol. The molecule has 2 unspecified atom stereocenters. The van der Waals surface area contributed by atoms with E-state index in [-0.39, 0.29) is 18.2 Å². The van der Waals surface area contributed by atoms with E-state index in [1.807, 2.05) is 32.9 Å². The summed E-state index contributed by atoms with van der Waals surface area (Å²) in [4.78, 5) is 11.9. The quantitative estimate of drug-likeness (QED) is 0.840. The summed E-state index contributed by atoms with van der Waals surface area (Å²) in [6.45, 7) is 6.37. The number of rotatable bonds is 2. The van der Waals surface area contributed by atoms with Gasteiger partial charge in [0.15, 0.2) is 0 Å². The molecule has 1 aromatic rings. The Balaban J connectivity index is 1.98. The molecule has 1 aromatic carbocycles. The van der Waals surface area contributed by atoms with E-state index >= 15 is 0 Å². The summed E-state index contributed by atoms with van der Waals surface area (Å²) in [6, 6.07) is 5.71. The molecule has 1 saturated heterocycles. The van der Waals surface area contributed by atoms with E-state index in [1.165, 1.54) is 0 Å². The first kappa shape index (κ1) is 17.4. The van der Waals surface area contributed by atoms with Gasteiger partial charge in [-0.2, -0.15) is 0 Å². The third-order valence-electron chi connectivity index (χ3n) is 3.41. The molecule has 122 valence electrons. The number of hydrogen-bond acceptors (Lipinski definition) is 3. The lowest BCUT2D eigenvalue weighted by Crippen LogP contribution is -2.45. The lowest BCUT2D eigenvalue weighted by atomic mass is 9.94. The molecule has 0 spiro atoms. The number of benzene rings is 1. The van der Waals surface area contributed by atoms with Crippen LogP contribution in [0.4, 0.5) is 4.79 Å². The fraction of sp³-hybridized carbons (Fsp3) is 0.562. The largest absolute Gasteiger partial charge is 0.444 e. The topological polar surface area (TPSA) is 50.4 Å². The Labute approximate surface area is 141 Å². The van der Waals surface area contributed by atoms with Crippen LogP contribution >= 0.6 is 23.2 Å². The van der Waals surface area contributed by atoms with Gasteiger partial charge in [-0.3, -0.25) is 0 Å². The highest BCUT2D eigenvalue weighted by Gasteiger charge is 2.26. The minimum atomic E-state index is -0.489. The zero-order valence-electron chi connectivity index (χ0n) is 13.1. The van der Waals surface area contributed by atoms with Crippen molar-refractivity contribution in [1.82, 2.24) is 10.6 Å². The smallest absolute Gasteiger partial charge is 0.407 e. The van der Waals surface area contributed by atoms with Crippen LogP contribution in [0.2, 0.25) is 10.0 Å². The van der Waals surface area contributed by atoms with Gasteiger partial charge < -0.3 is 15.4 Å². The minimum absolute atomic E-state index is 0.0684. The lowest BCUT2D eigenvalue weighted by Gasteiger charge is -2.32. The number of alkyl carbamates (subject to hydrolysis) is 1. The zero-order chi connectivity index (χ0) is 16.3. The number of carbonyl (C=O) groups excluding carboxylic acids is 1. The number of halogens is 2. The first-order chi connectivity index (χ1) is 10.2. The summed E-state index contributed by atoms with van der Waals surface area (Å²) in [6.07, 6.45) is 1.27. The van der Waals surface area contributed by atoms with Crippen LogP contribution in [0, 0.1) is 0 Å². The van der Waals surface area contributed by atoms with Crippen molar-refractivity contribution in [2.75, 3.05) is 6.54 Å². The van der Waals surface area contributed by atoms with Crippen LogP contribution in [0.5, 0.6) is 0 Å². The second kappa shape index (κ2) is 7.07. The molecule has 0 bridgehead atoms. The number of carbonyl (C=O) groups is 1. The Morgan fingerprint density at radius 3 is 2.50 bits per heavy atom. The first-order valence-corrected chi connectivity index (χ1v) is 8.17. The normalized spacial score (nSPS) is 22.2. The predicted molar refractivity (Wildman–Crippen MR) is 89.6 cm³/mol. The van der Waals surface area contributed by atoms with Crippen molar-refractivity contribution in [1.29, 1.82) is 0 Å². The Morgan fingerprint density at radius 2 is 1.91 bits per heavy atom. The molecule has 4 nitrogen and oxygen atoms in total. The molecule has 2 rings (SSSR count). The zero-order valence-corrected chi connectivity index (χ0v) is 14.6. The maximum Gasteiger partial charge on any atom is 0.407 e. The molecule has 1 amide bonds. The van der Waals surface area contributed by atoms with E-state index in [2.05, 4.69) is 10.6 Å². The van der Waals surface area contributed by atoms with E-state index in [0.29, 0.717) is 10.0 Å². The molecule has 2 atom stereocenters. The monoisotopic (exact) mass is 344 g/mol. The van der Waals surface area contributed by atoms with Gasteiger partial charge in [0, 0.05) is 22.1 Å². The number of nitrogens with one attached hydrogen (secondary N) is 2. The van der Waals surface area contributed by atoms with Crippen LogP contribution in [0.15, 0.2) is 18.2 Å². The van der Waals surface area contributed by atoms with Crippen molar-refractivity contribution in [3.63, 3.8) is 0 Å². The van der Waals surface area contributed by atoms with E-state index < -0.39 is 5.60 Å². The highest BCUT2D eigenvalue weighted by atomic mass is 35.5. The van der Waals surface area contributed by atoms with E-state index in [4.69, 9.17) is 27.9 Å². The molecule has 1 heterocycles. The van der Waals surface area contributed by atoms with E-state index in [0.717, 1.165) is 24.9 Å². The number of piperidine rings is 1. The van der Waals surface area contributed by atoms with Gasteiger partial charge >= 0.3 is 6.09 Å². The summed E-state index contributed by atoms with van der Waals surface area (Å²) in [5, 5.41) is 7.60. The van der Waals surface area contributed by atoms with Crippen LogP contribution < -0.4 is 10.6 Å². The van der Waals surface area contributed by atoms with Gasteiger partial charge in [0.25, 0.3) is 0 Å². The van der Waals surface area contributed by atoms with Crippen LogP contribution in [0.1, 0.15) is 45.2 Å². The van der Waals surface area contributed by atoms with Gasteiger partial charge in [0.05, 0.1) is 0 Å². The van der Waals surface area contributed by atoms with Crippen LogP contribution in [-0.2, 0) is 4.74 Å². The second-order valence-corrected chi connectivity index (χ2v) is 7.45. The van der Waals surface area contributed by atoms with Crippen molar-refractivity contribution in [3.8, 4) is 0 Å². The maximum atomic E-state index is 11.9. The number of hydrogen-bond donors (Lipinski definition) is 2. The number of amides is 1. The summed E-state index contributed by atoms with van der Waals surface area (Å²) < 4.78 is 5.31. The van der Waals surface area contributed by atoms with Gasteiger partial charge in [-0.1, -0.05) is 23.2 Å². The highest BCUT2D eigenvalue weighted by Crippen LogP contribution is 2.28. The third-order valence-corrected chi connectivity index (χ3v) is 3.85. The first-order valence-electron chi connectivity index (χ1n) is 7.42. The predicted octanol–water partition coefficient (Wildman–Crippen LogP) is 4.31. The Kier molecular flexibility index (Phi) is 5.59. The Bertz CT molecular complexity index is 523. The SMILES string of the molecule is CC(C)(C)OC(=O)NC1CCNC(c2cc(Cl)cc(Cl)c2)C1. The van der Waals surface area contributed by atoms with Crippen molar-refractivity contribution in [3.05, 3.63) is 33.8 Å². The highest BCUT2D eigenvalue weighted by molar-refractivity contribution is 6.34. The van der Waals surface area contributed by atoms with Crippen molar-refractivity contribution in [2.24, 2.45) is 0 Å². The fourth-order valence-electron chi connectivity index (χ4n) is 2.55. The summed E-state index contributed by atoms with van der Waals surface area (Å²) in [5.41, 5.74) is 0.546.